The van der Waals surface area contributed by atoms with Gasteiger partial charge in [0.25, 0.3) is 0 Å². The number of aliphatic hydroxyl groups is 1. The van der Waals surface area contributed by atoms with Gasteiger partial charge in [-0.05, 0) is 19.4 Å². The first-order valence-electron chi connectivity index (χ1n) is 4.57. The molecule has 1 aliphatic heterocycles. The molecule has 0 aromatic rings. The van der Waals surface area contributed by atoms with E-state index in [1.165, 1.54) is 4.90 Å². The van der Waals surface area contributed by atoms with Crippen molar-refractivity contribution in [3.8, 4) is 0 Å². The molecule has 1 fully saturated rings. The Balaban J connectivity index is 2.46. The van der Waals surface area contributed by atoms with E-state index >= 15 is 0 Å². The maximum absolute atomic E-state index is 10.8. The Labute approximate surface area is 77.3 Å². The largest absolute Gasteiger partial charge is 0.465 e. The van der Waals surface area contributed by atoms with E-state index in [0.717, 1.165) is 19.4 Å². The topological polar surface area (TPSA) is 72.8 Å². The number of nitrogens with one attached hydrogen (secondary N) is 1. The van der Waals surface area contributed by atoms with Gasteiger partial charge in [-0.1, -0.05) is 0 Å². The van der Waals surface area contributed by atoms with E-state index < -0.39 is 6.09 Å². The van der Waals surface area contributed by atoms with Crippen molar-refractivity contribution in [2.45, 2.75) is 18.9 Å². The van der Waals surface area contributed by atoms with Crippen LogP contribution in [0.5, 0.6) is 0 Å². The first-order valence-corrected chi connectivity index (χ1v) is 4.57. The van der Waals surface area contributed by atoms with E-state index in [1.807, 2.05) is 0 Å². The van der Waals surface area contributed by atoms with Crippen molar-refractivity contribution in [3.63, 3.8) is 0 Å². The number of nitrogens with zero attached hydrogens (tertiary/aromatic N) is 1. The fraction of sp³-hybridized carbons (Fsp3) is 0.875. The standard InChI is InChI=1S/C8H16N2O3/c11-5-4-10(8(12)13)7-2-1-3-9-6-7/h7,9,11H,1-6H2,(H,12,13)/t7-/m0/s1. The molecule has 13 heavy (non-hydrogen) atoms. The predicted octanol–water partition coefficient (Wildman–Crippen LogP) is -0.289. The molecule has 0 bridgehead atoms. The molecule has 3 N–H and O–H groups in total. The minimum Gasteiger partial charge on any atom is -0.465 e. The van der Waals surface area contributed by atoms with Crippen LogP contribution < -0.4 is 5.32 Å². The number of hydrogen-bond donors (Lipinski definition) is 3. The Morgan fingerprint density at radius 2 is 2.38 bits per heavy atom. The molecule has 0 spiro atoms. The number of hydrogen-bond acceptors (Lipinski definition) is 3. The van der Waals surface area contributed by atoms with E-state index in [2.05, 4.69) is 5.32 Å². The summed E-state index contributed by atoms with van der Waals surface area (Å²) < 4.78 is 0. The Hall–Kier alpha value is -0.810. The summed E-state index contributed by atoms with van der Waals surface area (Å²) in [5, 5.41) is 20.7. The van der Waals surface area contributed by atoms with Crippen LogP contribution in [0.4, 0.5) is 4.79 Å². The summed E-state index contributed by atoms with van der Waals surface area (Å²) in [5.74, 6) is 0. The van der Waals surface area contributed by atoms with E-state index in [-0.39, 0.29) is 19.2 Å². The second kappa shape index (κ2) is 5.04. The van der Waals surface area contributed by atoms with Gasteiger partial charge in [-0.3, -0.25) is 0 Å². The zero-order valence-corrected chi connectivity index (χ0v) is 7.57. The lowest BCUT2D eigenvalue weighted by Crippen LogP contribution is -2.49. The van der Waals surface area contributed by atoms with Crippen LogP contribution in [0.25, 0.3) is 0 Å². The molecule has 5 heteroatoms. The highest BCUT2D eigenvalue weighted by Gasteiger charge is 2.23. The fourth-order valence-electron chi connectivity index (χ4n) is 1.64. The van der Waals surface area contributed by atoms with Crippen molar-refractivity contribution in [1.82, 2.24) is 10.2 Å². The molecule has 1 rings (SSSR count). The third kappa shape index (κ3) is 2.86. The van der Waals surface area contributed by atoms with E-state index in [0.29, 0.717) is 6.54 Å². The molecule has 0 unspecified atom stereocenters. The molecule has 0 radical (unpaired) electrons. The summed E-state index contributed by atoms with van der Waals surface area (Å²) in [6.07, 6.45) is 0.946. The van der Waals surface area contributed by atoms with Crippen LogP contribution in [0, 0.1) is 0 Å². The Bertz CT molecular complexity index is 169. The molecule has 1 saturated heterocycles. The van der Waals surface area contributed by atoms with Crippen molar-refractivity contribution in [2.75, 3.05) is 26.2 Å². The molecule has 5 nitrogen and oxygen atoms in total. The van der Waals surface area contributed by atoms with Crippen molar-refractivity contribution in [2.24, 2.45) is 0 Å². The first-order chi connectivity index (χ1) is 6.25. The molecule has 1 amide bonds. The van der Waals surface area contributed by atoms with Gasteiger partial charge in [0.1, 0.15) is 0 Å². The summed E-state index contributed by atoms with van der Waals surface area (Å²) in [6, 6.07) is 0.0263. The minimum absolute atomic E-state index is 0.0263. The lowest BCUT2D eigenvalue weighted by molar-refractivity contribution is 0.101. The zero-order chi connectivity index (χ0) is 9.68. The highest BCUT2D eigenvalue weighted by Crippen LogP contribution is 2.09. The average Bonchev–Trinajstić information content (AvgIpc) is 2.15. The SMILES string of the molecule is O=C(O)N(CCO)[C@H]1CCCNC1. The van der Waals surface area contributed by atoms with Crippen molar-refractivity contribution in [3.05, 3.63) is 0 Å². The molecule has 0 saturated carbocycles. The normalized spacial score (nSPS) is 22.7. The Morgan fingerprint density at radius 3 is 2.85 bits per heavy atom. The molecule has 0 aromatic heterocycles. The second-order valence-corrected chi connectivity index (χ2v) is 3.20. The fourth-order valence-corrected chi connectivity index (χ4v) is 1.64. The minimum atomic E-state index is -0.942. The highest BCUT2D eigenvalue weighted by atomic mass is 16.4. The van der Waals surface area contributed by atoms with Crippen molar-refractivity contribution >= 4 is 6.09 Å². The number of carboxylic acid groups (broad SMARTS) is 1. The molecule has 1 aliphatic rings. The van der Waals surface area contributed by atoms with Gasteiger partial charge in [0.05, 0.1) is 6.61 Å². The van der Waals surface area contributed by atoms with E-state index in [4.69, 9.17) is 10.2 Å². The van der Waals surface area contributed by atoms with Crippen LogP contribution in [0.2, 0.25) is 0 Å². The molecular formula is C8H16N2O3. The molecule has 1 heterocycles. The maximum Gasteiger partial charge on any atom is 0.407 e. The summed E-state index contributed by atoms with van der Waals surface area (Å²) in [7, 11) is 0. The van der Waals surface area contributed by atoms with Crippen LogP contribution in [0.15, 0.2) is 0 Å². The predicted molar refractivity (Wildman–Crippen MR) is 47.7 cm³/mol. The van der Waals surface area contributed by atoms with Gasteiger partial charge in [-0.2, -0.15) is 0 Å². The molecule has 1 atom stereocenters. The zero-order valence-electron chi connectivity index (χ0n) is 7.57. The summed E-state index contributed by atoms with van der Waals surface area (Å²) in [6.45, 7) is 1.76. The first kappa shape index (κ1) is 10.3. The van der Waals surface area contributed by atoms with E-state index in [9.17, 15) is 4.79 Å². The molecule has 0 aliphatic carbocycles. The quantitative estimate of drug-likeness (QED) is 0.569. The van der Waals surface area contributed by atoms with Crippen LogP contribution in [-0.4, -0.2) is 53.5 Å². The Kier molecular flexibility index (Phi) is 3.98. The van der Waals surface area contributed by atoms with Crippen molar-refractivity contribution in [1.29, 1.82) is 0 Å². The van der Waals surface area contributed by atoms with Gasteiger partial charge < -0.3 is 20.4 Å². The third-order valence-electron chi connectivity index (χ3n) is 2.30. The van der Waals surface area contributed by atoms with Gasteiger partial charge >= 0.3 is 6.09 Å². The van der Waals surface area contributed by atoms with Gasteiger partial charge in [0.2, 0.25) is 0 Å². The lowest BCUT2D eigenvalue weighted by atomic mass is 10.1. The molecule has 76 valence electrons. The number of rotatable bonds is 3. The van der Waals surface area contributed by atoms with Gasteiger partial charge in [-0.25, -0.2) is 4.79 Å². The van der Waals surface area contributed by atoms with Gasteiger partial charge in [0, 0.05) is 19.1 Å². The maximum atomic E-state index is 10.8. The highest BCUT2D eigenvalue weighted by molar-refractivity contribution is 5.65. The monoisotopic (exact) mass is 188 g/mol. The van der Waals surface area contributed by atoms with Crippen LogP contribution >= 0.6 is 0 Å². The average molecular weight is 188 g/mol. The Morgan fingerprint density at radius 1 is 1.62 bits per heavy atom. The summed E-state index contributed by atoms with van der Waals surface area (Å²) in [5.41, 5.74) is 0. The van der Waals surface area contributed by atoms with Crippen LogP contribution in [-0.2, 0) is 0 Å². The molecule has 0 aromatic carbocycles. The number of aliphatic hydroxyl groups excluding tert-OH is 1. The summed E-state index contributed by atoms with van der Waals surface area (Å²) in [4.78, 5) is 12.1. The summed E-state index contributed by atoms with van der Waals surface area (Å²) >= 11 is 0. The van der Waals surface area contributed by atoms with Crippen LogP contribution in [0.3, 0.4) is 0 Å². The van der Waals surface area contributed by atoms with Gasteiger partial charge in [-0.15, -0.1) is 0 Å². The second-order valence-electron chi connectivity index (χ2n) is 3.20. The van der Waals surface area contributed by atoms with Gasteiger partial charge in [0.15, 0.2) is 0 Å². The van der Waals surface area contributed by atoms with Crippen LogP contribution in [0.1, 0.15) is 12.8 Å². The molecular weight excluding hydrogens is 172 g/mol. The number of piperidine rings is 1. The van der Waals surface area contributed by atoms with E-state index in [1.54, 1.807) is 0 Å². The third-order valence-corrected chi connectivity index (χ3v) is 2.30. The number of carbonyl (C=O) groups is 1. The number of amides is 1. The smallest absolute Gasteiger partial charge is 0.407 e. The van der Waals surface area contributed by atoms with Crippen molar-refractivity contribution < 1.29 is 15.0 Å². The lowest BCUT2D eigenvalue weighted by Gasteiger charge is -2.32.